The zero-order chi connectivity index (χ0) is 19.4. The predicted octanol–water partition coefficient (Wildman–Crippen LogP) is 3.29. The van der Waals surface area contributed by atoms with Crippen LogP contribution >= 0.6 is 23.4 Å². The number of aromatic nitrogens is 5. The number of hydrogen-bond acceptors (Lipinski definition) is 6. The topological polar surface area (TPSA) is 74.8 Å². The third-order valence-electron chi connectivity index (χ3n) is 4.00. The van der Waals surface area contributed by atoms with Crippen molar-refractivity contribution in [3.63, 3.8) is 0 Å². The van der Waals surface area contributed by atoms with Crippen molar-refractivity contribution in [3.05, 3.63) is 45.7 Å². The summed E-state index contributed by atoms with van der Waals surface area (Å²) in [4.78, 5) is 21.9. The molecule has 2 aromatic heterocycles. The number of hydrogen-bond donors (Lipinski definition) is 0. The lowest BCUT2D eigenvalue weighted by atomic mass is 10.2. The Bertz CT molecular complexity index is 986. The zero-order valence-corrected chi connectivity index (χ0v) is 17.1. The summed E-state index contributed by atoms with van der Waals surface area (Å²) in [6.07, 6.45) is 2.42. The van der Waals surface area contributed by atoms with Crippen molar-refractivity contribution < 1.29 is 4.74 Å². The zero-order valence-electron chi connectivity index (χ0n) is 15.6. The highest BCUT2D eigenvalue weighted by molar-refractivity contribution is 7.98. The minimum absolute atomic E-state index is 0.0679. The van der Waals surface area contributed by atoms with E-state index in [1.165, 1.54) is 18.1 Å². The molecule has 0 unspecified atom stereocenters. The van der Waals surface area contributed by atoms with Gasteiger partial charge in [-0.25, -0.2) is 9.97 Å². The highest BCUT2D eigenvalue weighted by Crippen LogP contribution is 2.23. The van der Waals surface area contributed by atoms with Gasteiger partial charge in [-0.3, -0.25) is 14.0 Å². The van der Waals surface area contributed by atoms with Gasteiger partial charge >= 0.3 is 0 Å². The first kappa shape index (κ1) is 19.9. The minimum atomic E-state index is -0.0679. The van der Waals surface area contributed by atoms with Crippen molar-refractivity contribution in [1.29, 1.82) is 0 Å². The Labute approximate surface area is 166 Å². The summed E-state index contributed by atoms with van der Waals surface area (Å²) in [5, 5.41) is 5.84. The molecule has 0 saturated heterocycles. The van der Waals surface area contributed by atoms with E-state index in [4.69, 9.17) is 16.3 Å². The second-order valence-electron chi connectivity index (χ2n) is 6.37. The molecule has 0 bridgehead atoms. The Morgan fingerprint density at radius 1 is 1.33 bits per heavy atom. The Kier molecular flexibility index (Phi) is 6.51. The van der Waals surface area contributed by atoms with Gasteiger partial charge in [-0.15, -0.1) is 0 Å². The number of halogens is 1. The number of ether oxygens (including phenoxy) is 1. The van der Waals surface area contributed by atoms with Crippen LogP contribution in [0.3, 0.4) is 0 Å². The molecule has 2 heterocycles. The smallest absolute Gasteiger partial charge is 0.262 e. The maximum atomic E-state index is 13.0. The highest BCUT2D eigenvalue weighted by Gasteiger charge is 2.13. The molecule has 0 fully saturated rings. The summed E-state index contributed by atoms with van der Waals surface area (Å²) in [6.45, 7) is 5.12. The van der Waals surface area contributed by atoms with Crippen LogP contribution in [-0.4, -0.2) is 37.0 Å². The van der Waals surface area contributed by atoms with E-state index >= 15 is 0 Å². The van der Waals surface area contributed by atoms with Gasteiger partial charge in [-0.1, -0.05) is 23.4 Å². The van der Waals surface area contributed by atoms with E-state index in [9.17, 15) is 4.79 Å². The number of rotatable bonds is 8. The van der Waals surface area contributed by atoms with Crippen LogP contribution in [0.15, 0.2) is 34.5 Å². The van der Waals surface area contributed by atoms with E-state index in [2.05, 4.69) is 15.1 Å². The first-order chi connectivity index (χ1) is 13.0. The van der Waals surface area contributed by atoms with Gasteiger partial charge in [0.2, 0.25) is 0 Å². The Balaban J connectivity index is 1.90. The molecule has 1 aromatic carbocycles. The molecule has 0 atom stereocenters. The van der Waals surface area contributed by atoms with E-state index in [0.29, 0.717) is 40.0 Å². The molecule has 27 heavy (non-hydrogen) atoms. The van der Waals surface area contributed by atoms with Crippen LogP contribution in [0, 0.1) is 0 Å². The monoisotopic (exact) mass is 407 g/mol. The van der Waals surface area contributed by atoms with Crippen LogP contribution in [-0.2, 0) is 24.1 Å². The fraction of sp³-hybridized carbons (Fsp3) is 0.444. The lowest BCUT2D eigenvalue weighted by Crippen LogP contribution is -2.24. The lowest BCUT2D eigenvalue weighted by molar-refractivity contribution is 0.0743. The molecule has 9 heteroatoms. The van der Waals surface area contributed by atoms with Gasteiger partial charge in [0.15, 0.2) is 5.16 Å². The van der Waals surface area contributed by atoms with Crippen LogP contribution in [0.1, 0.15) is 26.1 Å². The van der Waals surface area contributed by atoms with Crippen molar-refractivity contribution in [2.45, 2.75) is 43.8 Å². The molecule has 7 nitrogen and oxygen atoms in total. The van der Waals surface area contributed by atoms with Gasteiger partial charge in [-0.05, 0) is 38.5 Å². The molecule has 0 radical (unpaired) electrons. The Hall–Kier alpha value is -1.90. The molecule has 0 spiro atoms. The first-order valence-corrected chi connectivity index (χ1v) is 10.1. The molecular formula is C18H22ClN5O2S. The quantitative estimate of drug-likeness (QED) is 0.324. The molecular weight excluding hydrogens is 386 g/mol. The third-order valence-corrected chi connectivity index (χ3v) is 5.20. The summed E-state index contributed by atoms with van der Waals surface area (Å²) in [6, 6.07) is 5.16. The molecule has 0 amide bonds. The number of nitrogens with zero attached hydrogens (tertiary/aromatic N) is 5. The second kappa shape index (κ2) is 8.86. The molecule has 0 N–H and O–H groups in total. The van der Waals surface area contributed by atoms with Crippen LogP contribution < -0.4 is 5.56 Å². The standard InChI is InChI=1S/C18H22ClN5O2S/c1-12(2)26-8-4-7-24-17(25)14-6-5-13(19)9-15(14)22-18(24)27-10-16-20-11-21-23(16)3/h5-6,9,11-12H,4,7-8,10H2,1-3H3. The van der Waals surface area contributed by atoms with Crippen molar-refractivity contribution in [3.8, 4) is 0 Å². The van der Waals surface area contributed by atoms with E-state index in [0.717, 1.165) is 12.2 Å². The predicted molar refractivity (Wildman–Crippen MR) is 107 cm³/mol. The average Bonchev–Trinajstić information content (AvgIpc) is 3.03. The Morgan fingerprint density at radius 3 is 2.85 bits per heavy atom. The summed E-state index contributed by atoms with van der Waals surface area (Å²) in [5.41, 5.74) is 0.532. The summed E-state index contributed by atoms with van der Waals surface area (Å²) >= 11 is 7.54. The fourth-order valence-electron chi connectivity index (χ4n) is 2.60. The summed E-state index contributed by atoms with van der Waals surface area (Å²) < 4.78 is 9.02. The van der Waals surface area contributed by atoms with Crippen molar-refractivity contribution >= 4 is 34.3 Å². The SMILES string of the molecule is CC(C)OCCCn1c(SCc2ncnn2C)nc2cc(Cl)ccc2c1=O. The molecule has 0 aliphatic carbocycles. The van der Waals surface area contributed by atoms with Crippen molar-refractivity contribution in [2.75, 3.05) is 6.61 Å². The van der Waals surface area contributed by atoms with Crippen LogP contribution in [0.25, 0.3) is 10.9 Å². The molecule has 0 aliphatic rings. The largest absolute Gasteiger partial charge is 0.379 e. The van der Waals surface area contributed by atoms with E-state index in [-0.39, 0.29) is 11.7 Å². The molecule has 3 rings (SSSR count). The lowest BCUT2D eigenvalue weighted by Gasteiger charge is -2.14. The van der Waals surface area contributed by atoms with E-state index < -0.39 is 0 Å². The Morgan fingerprint density at radius 2 is 2.15 bits per heavy atom. The van der Waals surface area contributed by atoms with Gasteiger partial charge in [0.25, 0.3) is 5.56 Å². The van der Waals surface area contributed by atoms with Gasteiger partial charge < -0.3 is 4.74 Å². The normalized spacial score (nSPS) is 11.6. The summed E-state index contributed by atoms with van der Waals surface area (Å²) in [7, 11) is 1.84. The molecule has 0 aliphatic heterocycles. The first-order valence-electron chi connectivity index (χ1n) is 8.73. The molecule has 3 aromatic rings. The van der Waals surface area contributed by atoms with Crippen LogP contribution in [0.2, 0.25) is 5.02 Å². The van der Waals surface area contributed by atoms with Crippen LogP contribution in [0.4, 0.5) is 0 Å². The number of fused-ring (bicyclic) bond motifs is 1. The second-order valence-corrected chi connectivity index (χ2v) is 7.75. The van der Waals surface area contributed by atoms with Gasteiger partial charge in [-0.2, -0.15) is 5.10 Å². The minimum Gasteiger partial charge on any atom is -0.379 e. The van der Waals surface area contributed by atoms with Crippen LogP contribution in [0.5, 0.6) is 0 Å². The van der Waals surface area contributed by atoms with E-state index in [1.807, 2.05) is 20.9 Å². The third kappa shape index (κ3) is 4.88. The van der Waals surface area contributed by atoms with Crippen molar-refractivity contribution in [1.82, 2.24) is 24.3 Å². The maximum Gasteiger partial charge on any atom is 0.262 e. The number of aryl methyl sites for hydroxylation is 1. The van der Waals surface area contributed by atoms with Gasteiger partial charge in [0, 0.05) is 25.2 Å². The highest BCUT2D eigenvalue weighted by atomic mass is 35.5. The van der Waals surface area contributed by atoms with E-state index in [1.54, 1.807) is 27.4 Å². The maximum absolute atomic E-state index is 13.0. The van der Waals surface area contributed by atoms with Gasteiger partial charge in [0.05, 0.1) is 22.8 Å². The molecule has 0 saturated carbocycles. The van der Waals surface area contributed by atoms with Gasteiger partial charge in [0.1, 0.15) is 12.2 Å². The average molecular weight is 408 g/mol. The summed E-state index contributed by atoms with van der Waals surface area (Å²) in [5.74, 6) is 1.38. The number of thioether (sulfide) groups is 1. The van der Waals surface area contributed by atoms with Crippen molar-refractivity contribution in [2.24, 2.45) is 7.05 Å². The fourth-order valence-corrected chi connectivity index (χ4v) is 3.78. The number of benzene rings is 1. The molecule has 144 valence electrons.